The summed E-state index contributed by atoms with van der Waals surface area (Å²) >= 11 is 0. The molecule has 1 aliphatic carbocycles. The molecule has 0 spiro atoms. The highest BCUT2D eigenvalue weighted by Crippen LogP contribution is 2.30. The van der Waals surface area contributed by atoms with Crippen molar-refractivity contribution in [3.05, 3.63) is 53.6 Å². The lowest BCUT2D eigenvalue weighted by molar-refractivity contribution is 0.0560. The number of nitrogens with zero attached hydrogens (tertiary/aromatic N) is 2. The van der Waals surface area contributed by atoms with Crippen molar-refractivity contribution in [2.45, 2.75) is 50.7 Å². The molecule has 1 saturated carbocycles. The number of aliphatic hydroxyl groups is 1. The minimum Gasteiger partial charge on any atom is -0.385 e. The Kier molecular flexibility index (Phi) is 3.81. The highest BCUT2D eigenvalue weighted by Gasteiger charge is 2.26. The van der Waals surface area contributed by atoms with Gasteiger partial charge in [-0.25, -0.2) is 4.39 Å². The van der Waals surface area contributed by atoms with Crippen molar-refractivity contribution in [2.75, 3.05) is 0 Å². The molecule has 4 heteroatoms. The van der Waals surface area contributed by atoms with Crippen molar-refractivity contribution in [3.8, 4) is 0 Å². The molecule has 1 atom stereocenters. The van der Waals surface area contributed by atoms with Crippen LogP contribution < -0.4 is 0 Å². The maximum Gasteiger partial charge on any atom is 0.123 e. The molecule has 21 heavy (non-hydrogen) atoms. The van der Waals surface area contributed by atoms with Crippen molar-refractivity contribution in [1.29, 1.82) is 0 Å². The van der Waals surface area contributed by atoms with Gasteiger partial charge in [0.15, 0.2) is 0 Å². The fourth-order valence-electron chi connectivity index (χ4n) is 3.12. The van der Waals surface area contributed by atoms with Crippen molar-refractivity contribution in [3.63, 3.8) is 0 Å². The first kappa shape index (κ1) is 14.3. The number of aromatic nitrogens is 2. The summed E-state index contributed by atoms with van der Waals surface area (Å²) in [5.74, 6) is -0.329. The molecule has 1 aromatic carbocycles. The number of rotatable bonds is 4. The maximum absolute atomic E-state index is 13.3. The van der Waals surface area contributed by atoms with Gasteiger partial charge in [0, 0.05) is 12.6 Å². The third-order valence-electron chi connectivity index (χ3n) is 4.33. The number of hydrogen-bond donors (Lipinski definition) is 1. The molecule has 0 aliphatic heterocycles. The molecule has 3 rings (SSSR count). The van der Waals surface area contributed by atoms with Gasteiger partial charge in [-0.15, -0.1) is 0 Å². The average Bonchev–Trinajstić information content (AvgIpc) is 3.08. The van der Waals surface area contributed by atoms with E-state index in [4.69, 9.17) is 0 Å². The van der Waals surface area contributed by atoms with E-state index >= 15 is 0 Å². The van der Waals surface area contributed by atoms with E-state index in [1.54, 1.807) is 19.1 Å². The third-order valence-corrected chi connectivity index (χ3v) is 4.33. The summed E-state index contributed by atoms with van der Waals surface area (Å²) in [5.41, 5.74) is 0.311. The van der Waals surface area contributed by atoms with E-state index in [1.807, 2.05) is 16.9 Å². The van der Waals surface area contributed by atoms with Gasteiger partial charge in [-0.3, -0.25) is 4.68 Å². The van der Waals surface area contributed by atoms with Crippen LogP contribution in [0.4, 0.5) is 4.39 Å². The lowest BCUT2D eigenvalue weighted by atomic mass is 9.91. The van der Waals surface area contributed by atoms with E-state index in [0.29, 0.717) is 18.0 Å². The van der Waals surface area contributed by atoms with E-state index in [9.17, 15) is 9.50 Å². The zero-order chi connectivity index (χ0) is 14.9. The molecule has 1 aromatic heterocycles. The smallest absolute Gasteiger partial charge is 0.123 e. The Balaban J connectivity index is 1.76. The Hall–Kier alpha value is -1.68. The summed E-state index contributed by atoms with van der Waals surface area (Å²) in [4.78, 5) is 0. The lowest BCUT2D eigenvalue weighted by Gasteiger charge is -2.23. The van der Waals surface area contributed by atoms with Gasteiger partial charge in [0.05, 0.1) is 17.3 Å². The standard InChI is InChI=1S/C17H21FN2O/c1-17(21,13-5-4-6-14(18)11-13)12-15-9-10-20(19-15)16-7-2-3-8-16/h4-6,9-11,16,21H,2-3,7-8,12H2,1H3. The van der Waals surface area contributed by atoms with Crippen LogP contribution in [0.5, 0.6) is 0 Å². The monoisotopic (exact) mass is 288 g/mol. The zero-order valence-corrected chi connectivity index (χ0v) is 12.3. The van der Waals surface area contributed by atoms with Crippen LogP contribution in [-0.4, -0.2) is 14.9 Å². The van der Waals surface area contributed by atoms with E-state index in [0.717, 1.165) is 5.69 Å². The third kappa shape index (κ3) is 3.16. The summed E-state index contributed by atoms with van der Waals surface area (Å²) in [6.07, 6.45) is 7.27. The molecule has 0 radical (unpaired) electrons. The fourth-order valence-corrected chi connectivity index (χ4v) is 3.12. The molecular weight excluding hydrogens is 267 g/mol. The summed E-state index contributed by atoms with van der Waals surface area (Å²) in [7, 11) is 0. The Morgan fingerprint density at radius 3 is 2.81 bits per heavy atom. The van der Waals surface area contributed by atoms with Gasteiger partial charge < -0.3 is 5.11 Å². The summed E-state index contributed by atoms with van der Waals surface area (Å²) < 4.78 is 15.3. The highest BCUT2D eigenvalue weighted by atomic mass is 19.1. The van der Waals surface area contributed by atoms with Crippen LogP contribution in [0.15, 0.2) is 36.5 Å². The number of halogens is 1. The van der Waals surface area contributed by atoms with Gasteiger partial charge in [-0.1, -0.05) is 25.0 Å². The van der Waals surface area contributed by atoms with Gasteiger partial charge in [0.1, 0.15) is 5.82 Å². The molecule has 1 heterocycles. The molecule has 0 saturated heterocycles. The molecular formula is C17H21FN2O. The van der Waals surface area contributed by atoms with E-state index < -0.39 is 5.60 Å². The summed E-state index contributed by atoms with van der Waals surface area (Å²) in [6, 6.07) is 8.58. The number of benzene rings is 1. The second-order valence-electron chi connectivity index (χ2n) is 6.19. The topological polar surface area (TPSA) is 38.0 Å². The second kappa shape index (κ2) is 5.60. The van der Waals surface area contributed by atoms with Crippen LogP contribution in [0.1, 0.15) is 49.9 Å². The average molecular weight is 288 g/mol. The fraction of sp³-hybridized carbons (Fsp3) is 0.471. The quantitative estimate of drug-likeness (QED) is 0.933. The van der Waals surface area contributed by atoms with Crippen LogP contribution in [0.2, 0.25) is 0 Å². The predicted octanol–water partition coefficient (Wildman–Crippen LogP) is 3.59. The largest absolute Gasteiger partial charge is 0.385 e. The van der Waals surface area contributed by atoms with Gasteiger partial charge >= 0.3 is 0 Å². The molecule has 0 amide bonds. The molecule has 1 N–H and O–H groups in total. The highest BCUT2D eigenvalue weighted by molar-refractivity contribution is 5.24. The number of hydrogen-bond acceptors (Lipinski definition) is 2. The molecule has 1 aliphatic rings. The lowest BCUT2D eigenvalue weighted by Crippen LogP contribution is -2.24. The Labute approximate surface area is 124 Å². The maximum atomic E-state index is 13.3. The van der Waals surface area contributed by atoms with Crippen LogP contribution in [0, 0.1) is 5.82 Å². The van der Waals surface area contributed by atoms with E-state index in [1.165, 1.54) is 37.8 Å². The first-order valence-corrected chi connectivity index (χ1v) is 7.57. The van der Waals surface area contributed by atoms with Crippen molar-refractivity contribution in [2.24, 2.45) is 0 Å². The van der Waals surface area contributed by atoms with Crippen molar-refractivity contribution in [1.82, 2.24) is 9.78 Å². The first-order chi connectivity index (χ1) is 10.0. The van der Waals surface area contributed by atoms with E-state index in [-0.39, 0.29) is 5.82 Å². The van der Waals surface area contributed by atoms with Crippen molar-refractivity contribution < 1.29 is 9.50 Å². The minimum absolute atomic E-state index is 0.329. The Bertz CT molecular complexity index is 615. The second-order valence-corrected chi connectivity index (χ2v) is 6.19. The normalized spacial score (nSPS) is 18.8. The van der Waals surface area contributed by atoms with Crippen LogP contribution in [0.25, 0.3) is 0 Å². The van der Waals surface area contributed by atoms with Gasteiger partial charge in [0.2, 0.25) is 0 Å². The predicted molar refractivity (Wildman–Crippen MR) is 79.4 cm³/mol. The van der Waals surface area contributed by atoms with Gasteiger partial charge in [0.25, 0.3) is 0 Å². The summed E-state index contributed by atoms with van der Waals surface area (Å²) in [6.45, 7) is 1.70. The van der Waals surface area contributed by atoms with Crippen LogP contribution >= 0.6 is 0 Å². The molecule has 112 valence electrons. The SMILES string of the molecule is CC(O)(Cc1ccn(C2CCCC2)n1)c1cccc(F)c1. The van der Waals surface area contributed by atoms with Crippen LogP contribution in [-0.2, 0) is 12.0 Å². The Morgan fingerprint density at radius 2 is 2.10 bits per heavy atom. The molecule has 0 bridgehead atoms. The first-order valence-electron chi connectivity index (χ1n) is 7.57. The van der Waals surface area contributed by atoms with Crippen molar-refractivity contribution >= 4 is 0 Å². The zero-order valence-electron chi connectivity index (χ0n) is 12.3. The van der Waals surface area contributed by atoms with Gasteiger partial charge in [-0.05, 0) is 43.5 Å². The molecule has 1 fully saturated rings. The van der Waals surface area contributed by atoms with Crippen LogP contribution in [0.3, 0.4) is 0 Å². The minimum atomic E-state index is -1.11. The van der Waals surface area contributed by atoms with Gasteiger partial charge in [-0.2, -0.15) is 5.10 Å². The Morgan fingerprint density at radius 1 is 1.33 bits per heavy atom. The molecule has 3 nitrogen and oxygen atoms in total. The molecule has 1 unspecified atom stereocenters. The van der Waals surface area contributed by atoms with E-state index in [2.05, 4.69) is 5.10 Å². The molecule has 2 aromatic rings. The summed E-state index contributed by atoms with van der Waals surface area (Å²) in [5, 5.41) is 15.2.